The predicted molar refractivity (Wildman–Crippen MR) is 83.8 cm³/mol. The molecule has 0 aromatic heterocycles. The molecule has 1 spiro atoms. The maximum absolute atomic E-state index is 13.2. The summed E-state index contributed by atoms with van der Waals surface area (Å²) >= 11 is 1.91. The van der Waals surface area contributed by atoms with Crippen molar-refractivity contribution in [3.05, 3.63) is 29.6 Å². The standard InChI is InChI=1S/C16H20FNO3S/c1-20-13-7-16(22-8-13)9-18(10-16)15(19)5-11-3-4-12(17)6-14(11)21-2/h3-4,6,13H,5,7-10H2,1-2H3/t13-/m0/s1. The molecule has 1 amide bonds. The summed E-state index contributed by atoms with van der Waals surface area (Å²) in [6.07, 6.45) is 1.56. The van der Waals surface area contributed by atoms with Crippen LogP contribution in [0.25, 0.3) is 0 Å². The van der Waals surface area contributed by atoms with Crippen LogP contribution in [0.5, 0.6) is 5.75 Å². The van der Waals surface area contributed by atoms with Crippen LogP contribution in [0.15, 0.2) is 18.2 Å². The molecule has 2 saturated heterocycles. The fourth-order valence-corrected chi connectivity index (χ4v) is 4.73. The van der Waals surface area contributed by atoms with Gasteiger partial charge < -0.3 is 14.4 Å². The van der Waals surface area contributed by atoms with Gasteiger partial charge in [0, 0.05) is 37.6 Å². The van der Waals surface area contributed by atoms with E-state index in [9.17, 15) is 9.18 Å². The smallest absolute Gasteiger partial charge is 0.227 e. The van der Waals surface area contributed by atoms with E-state index in [0.717, 1.165) is 30.8 Å². The second kappa shape index (κ2) is 6.08. The number of ether oxygens (including phenoxy) is 2. The van der Waals surface area contributed by atoms with Gasteiger partial charge >= 0.3 is 0 Å². The summed E-state index contributed by atoms with van der Waals surface area (Å²) in [5, 5.41) is 0. The van der Waals surface area contributed by atoms with Crippen molar-refractivity contribution in [2.45, 2.75) is 23.7 Å². The quantitative estimate of drug-likeness (QED) is 0.850. The first-order valence-electron chi connectivity index (χ1n) is 7.32. The monoisotopic (exact) mass is 325 g/mol. The van der Waals surface area contributed by atoms with Gasteiger partial charge in [-0.05, 0) is 12.5 Å². The molecule has 2 aliphatic rings. The van der Waals surface area contributed by atoms with E-state index in [-0.39, 0.29) is 22.9 Å². The zero-order valence-electron chi connectivity index (χ0n) is 12.8. The number of methoxy groups -OCH3 is 2. The average Bonchev–Trinajstić information content (AvgIpc) is 2.92. The lowest BCUT2D eigenvalue weighted by Crippen LogP contribution is -2.61. The Morgan fingerprint density at radius 2 is 2.23 bits per heavy atom. The number of halogens is 1. The molecule has 1 aromatic carbocycles. The number of carbonyl (C=O) groups excluding carboxylic acids is 1. The number of nitrogens with zero attached hydrogens (tertiary/aromatic N) is 1. The number of carbonyl (C=O) groups is 1. The van der Waals surface area contributed by atoms with Gasteiger partial charge in [-0.2, -0.15) is 0 Å². The van der Waals surface area contributed by atoms with Crippen molar-refractivity contribution >= 4 is 17.7 Å². The largest absolute Gasteiger partial charge is 0.496 e. The summed E-state index contributed by atoms with van der Waals surface area (Å²) in [6.45, 7) is 1.56. The molecule has 4 nitrogen and oxygen atoms in total. The zero-order valence-corrected chi connectivity index (χ0v) is 13.6. The molecule has 2 aliphatic heterocycles. The van der Waals surface area contributed by atoms with E-state index in [0.29, 0.717) is 11.9 Å². The van der Waals surface area contributed by atoms with Crippen LogP contribution in [-0.4, -0.2) is 54.7 Å². The molecule has 1 atom stereocenters. The molecular weight excluding hydrogens is 305 g/mol. The highest BCUT2D eigenvalue weighted by Gasteiger charge is 2.50. The second-order valence-electron chi connectivity index (χ2n) is 5.94. The molecule has 0 N–H and O–H groups in total. The Labute approximate surface area is 134 Å². The van der Waals surface area contributed by atoms with Gasteiger partial charge in [0.15, 0.2) is 0 Å². The van der Waals surface area contributed by atoms with Crippen molar-refractivity contribution < 1.29 is 18.7 Å². The molecule has 2 heterocycles. The molecule has 6 heteroatoms. The third-order valence-corrected chi connectivity index (χ3v) is 5.99. The molecular formula is C16H20FNO3S. The number of thioether (sulfide) groups is 1. The molecule has 0 bridgehead atoms. The van der Waals surface area contributed by atoms with Crippen LogP contribution in [0.1, 0.15) is 12.0 Å². The van der Waals surface area contributed by atoms with Crippen molar-refractivity contribution in [3.8, 4) is 5.75 Å². The number of rotatable bonds is 4. The number of hydrogen-bond acceptors (Lipinski definition) is 4. The highest BCUT2D eigenvalue weighted by Crippen LogP contribution is 2.46. The fraction of sp³-hybridized carbons (Fsp3) is 0.562. The van der Waals surface area contributed by atoms with Crippen LogP contribution in [0, 0.1) is 5.82 Å². The number of benzene rings is 1. The first-order valence-corrected chi connectivity index (χ1v) is 8.31. The van der Waals surface area contributed by atoms with Crippen LogP contribution in [0.4, 0.5) is 4.39 Å². The number of hydrogen-bond donors (Lipinski definition) is 0. The summed E-state index contributed by atoms with van der Waals surface area (Å²) < 4.78 is 23.9. The topological polar surface area (TPSA) is 38.8 Å². The SMILES string of the molecule is COc1cc(F)ccc1CC(=O)N1CC2(C[C@H](OC)CS2)C1. The van der Waals surface area contributed by atoms with E-state index in [1.54, 1.807) is 13.2 Å². The summed E-state index contributed by atoms with van der Waals surface area (Å²) in [5.41, 5.74) is 0.726. The molecule has 0 aliphatic carbocycles. The van der Waals surface area contributed by atoms with Gasteiger partial charge in [0.05, 0.1) is 24.4 Å². The average molecular weight is 325 g/mol. The van der Waals surface area contributed by atoms with Crippen LogP contribution in [0.3, 0.4) is 0 Å². The highest BCUT2D eigenvalue weighted by atomic mass is 32.2. The molecule has 0 saturated carbocycles. The second-order valence-corrected chi connectivity index (χ2v) is 7.43. The Kier molecular flexibility index (Phi) is 4.32. The van der Waals surface area contributed by atoms with Gasteiger partial charge in [0.2, 0.25) is 5.91 Å². The Morgan fingerprint density at radius 1 is 1.45 bits per heavy atom. The Hall–Kier alpha value is -1.27. The normalized spacial score (nSPS) is 22.7. The first-order chi connectivity index (χ1) is 10.5. The zero-order chi connectivity index (χ0) is 15.7. The van der Waals surface area contributed by atoms with Crippen molar-refractivity contribution in [2.24, 2.45) is 0 Å². The van der Waals surface area contributed by atoms with Crippen molar-refractivity contribution in [1.29, 1.82) is 0 Å². The van der Waals surface area contributed by atoms with Crippen LogP contribution in [-0.2, 0) is 16.0 Å². The molecule has 0 unspecified atom stereocenters. The minimum Gasteiger partial charge on any atom is -0.496 e. The number of likely N-dealkylation sites (tertiary alicyclic amines) is 1. The van der Waals surface area contributed by atoms with Crippen molar-refractivity contribution in [1.82, 2.24) is 4.90 Å². The van der Waals surface area contributed by atoms with Gasteiger partial charge in [-0.25, -0.2) is 4.39 Å². The highest BCUT2D eigenvalue weighted by molar-refractivity contribution is 8.01. The molecule has 1 aromatic rings. The number of amides is 1. The van der Waals surface area contributed by atoms with Crippen LogP contribution < -0.4 is 4.74 Å². The molecule has 120 valence electrons. The molecule has 3 rings (SSSR count). The Bertz CT molecular complexity index is 575. The van der Waals surface area contributed by atoms with Crippen LogP contribution in [0.2, 0.25) is 0 Å². The summed E-state index contributed by atoms with van der Waals surface area (Å²) in [4.78, 5) is 14.2. The third kappa shape index (κ3) is 2.94. The van der Waals surface area contributed by atoms with E-state index in [1.165, 1.54) is 19.2 Å². The first kappa shape index (κ1) is 15.6. The van der Waals surface area contributed by atoms with E-state index in [1.807, 2.05) is 16.7 Å². The predicted octanol–water partition coefficient (Wildman–Crippen LogP) is 2.11. The summed E-state index contributed by atoms with van der Waals surface area (Å²) in [5.74, 6) is 1.14. The van der Waals surface area contributed by atoms with Crippen LogP contribution >= 0.6 is 11.8 Å². The Morgan fingerprint density at radius 3 is 2.86 bits per heavy atom. The van der Waals surface area contributed by atoms with E-state index in [4.69, 9.17) is 9.47 Å². The van der Waals surface area contributed by atoms with E-state index in [2.05, 4.69) is 0 Å². The summed E-state index contributed by atoms with van der Waals surface area (Å²) in [7, 11) is 3.23. The van der Waals surface area contributed by atoms with E-state index < -0.39 is 0 Å². The third-order valence-electron chi connectivity index (χ3n) is 4.41. The maximum atomic E-state index is 13.2. The van der Waals surface area contributed by atoms with Gasteiger partial charge in [0.25, 0.3) is 0 Å². The molecule has 2 fully saturated rings. The van der Waals surface area contributed by atoms with Crippen molar-refractivity contribution in [3.63, 3.8) is 0 Å². The van der Waals surface area contributed by atoms with Gasteiger partial charge in [-0.15, -0.1) is 11.8 Å². The lowest BCUT2D eigenvalue weighted by molar-refractivity contribution is -0.136. The molecule has 22 heavy (non-hydrogen) atoms. The van der Waals surface area contributed by atoms with E-state index >= 15 is 0 Å². The summed E-state index contributed by atoms with van der Waals surface area (Å²) in [6, 6.07) is 4.29. The lowest BCUT2D eigenvalue weighted by atomic mass is 9.92. The Balaban J connectivity index is 1.58. The van der Waals surface area contributed by atoms with Gasteiger partial charge in [-0.1, -0.05) is 6.07 Å². The van der Waals surface area contributed by atoms with Crippen molar-refractivity contribution in [2.75, 3.05) is 33.1 Å². The maximum Gasteiger partial charge on any atom is 0.227 e. The molecule has 0 radical (unpaired) electrons. The minimum atomic E-state index is -0.357. The lowest BCUT2D eigenvalue weighted by Gasteiger charge is -2.47. The minimum absolute atomic E-state index is 0.0667. The van der Waals surface area contributed by atoms with Gasteiger partial charge in [-0.3, -0.25) is 4.79 Å². The van der Waals surface area contributed by atoms with Gasteiger partial charge in [0.1, 0.15) is 11.6 Å². The fourth-order valence-electron chi connectivity index (χ4n) is 3.14.